The van der Waals surface area contributed by atoms with Crippen LogP contribution in [0, 0.1) is 0 Å². The molecule has 0 saturated carbocycles. The first-order valence-corrected chi connectivity index (χ1v) is 11.5. The van der Waals surface area contributed by atoms with Crippen LogP contribution in [0.25, 0.3) is 11.6 Å². The zero-order valence-electron chi connectivity index (χ0n) is 21.3. The van der Waals surface area contributed by atoms with Crippen LogP contribution in [0.5, 0.6) is 11.5 Å². The van der Waals surface area contributed by atoms with Crippen LogP contribution in [0.1, 0.15) is 31.9 Å². The molecular weight excluding hydrogens is 460 g/mol. The summed E-state index contributed by atoms with van der Waals surface area (Å²) in [6.45, 7) is 5.89. The van der Waals surface area contributed by atoms with Gasteiger partial charge in [0.1, 0.15) is 23.7 Å². The van der Waals surface area contributed by atoms with Gasteiger partial charge in [-0.1, -0.05) is 6.08 Å². The SMILES string of the molecule is COc1ccc(NC(=O)CN2C(=O)N/C(=C/c3cc4c(cc3OC)N(C)C(C)(C)C=C4C)C2=O)cc1. The summed E-state index contributed by atoms with van der Waals surface area (Å²) in [6.07, 6.45) is 3.76. The van der Waals surface area contributed by atoms with Crippen LogP contribution in [0.2, 0.25) is 0 Å². The summed E-state index contributed by atoms with van der Waals surface area (Å²) in [6, 6.07) is 9.96. The summed E-state index contributed by atoms with van der Waals surface area (Å²) >= 11 is 0. The van der Waals surface area contributed by atoms with Crippen LogP contribution in [0.4, 0.5) is 16.2 Å². The van der Waals surface area contributed by atoms with Gasteiger partial charge in [-0.3, -0.25) is 9.59 Å². The highest BCUT2D eigenvalue weighted by Gasteiger charge is 2.35. The van der Waals surface area contributed by atoms with E-state index in [0.717, 1.165) is 21.7 Å². The molecule has 36 heavy (non-hydrogen) atoms. The maximum absolute atomic E-state index is 13.0. The van der Waals surface area contributed by atoms with Crippen molar-refractivity contribution in [3.63, 3.8) is 0 Å². The number of fused-ring (bicyclic) bond motifs is 1. The van der Waals surface area contributed by atoms with Crippen molar-refractivity contribution in [2.24, 2.45) is 0 Å². The number of amides is 4. The fourth-order valence-electron chi connectivity index (χ4n) is 4.37. The fraction of sp³-hybridized carbons (Fsp3) is 0.296. The first-order chi connectivity index (χ1) is 17.0. The van der Waals surface area contributed by atoms with Gasteiger partial charge in [0.25, 0.3) is 5.91 Å². The number of imide groups is 1. The maximum atomic E-state index is 13.0. The number of nitrogens with zero attached hydrogens (tertiary/aromatic N) is 2. The lowest BCUT2D eigenvalue weighted by Crippen LogP contribution is -2.42. The Bertz CT molecular complexity index is 1290. The zero-order chi connectivity index (χ0) is 26.2. The van der Waals surface area contributed by atoms with E-state index in [1.54, 1.807) is 44.6 Å². The third-order valence-electron chi connectivity index (χ3n) is 6.51. The average molecular weight is 491 g/mol. The molecule has 2 aliphatic heterocycles. The fourth-order valence-corrected chi connectivity index (χ4v) is 4.37. The van der Waals surface area contributed by atoms with Gasteiger partial charge in [-0.15, -0.1) is 0 Å². The molecular formula is C27H30N4O5. The van der Waals surface area contributed by atoms with Gasteiger partial charge in [0.15, 0.2) is 0 Å². The van der Waals surface area contributed by atoms with E-state index < -0.39 is 24.4 Å². The number of hydrogen-bond donors (Lipinski definition) is 2. The molecule has 9 heteroatoms. The quantitative estimate of drug-likeness (QED) is 0.471. The number of nitrogens with one attached hydrogen (secondary N) is 2. The van der Waals surface area contributed by atoms with Crippen LogP contribution in [0.3, 0.4) is 0 Å². The monoisotopic (exact) mass is 490 g/mol. The Labute approximate surface area is 210 Å². The number of rotatable bonds is 6. The molecule has 0 aliphatic carbocycles. The van der Waals surface area contributed by atoms with Crippen LogP contribution < -0.4 is 25.0 Å². The van der Waals surface area contributed by atoms with E-state index in [9.17, 15) is 14.4 Å². The summed E-state index contributed by atoms with van der Waals surface area (Å²) in [4.78, 5) is 41.1. The Morgan fingerprint density at radius 2 is 1.81 bits per heavy atom. The lowest BCUT2D eigenvalue weighted by molar-refractivity contribution is -0.127. The summed E-state index contributed by atoms with van der Waals surface area (Å²) in [5, 5.41) is 5.25. The molecule has 0 bridgehead atoms. The lowest BCUT2D eigenvalue weighted by Gasteiger charge is -2.41. The van der Waals surface area contributed by atoms with Gasteiger partial charge in [-0.05, 0) is 62.8 Å². The van der Waals surface area contributed by atoms with Crippen LogP contribution >= 0.6 is 0 Å². The van der Waals surface area contributed by atoms with Crippen molar-refractivity contribution < 1.29 is 23.9 Å². The Kier molecular flexibility index (Phi) is 6.49. The van der Waals surface area contributed by atoms with Crippen molar-refractivity contribution in [3.8, 4) is 11.5 Å². The Morgan fingerprint density at radius 1 is 1.11 bits per heavy atom. The molecule has 0 spiro atoms. The predicted molar refractivity (Wildman–Crippen MR) is 139 cm³/mol. The summed E-state index contributed by atoms with van der Waals surface area (Å²) in [5.74, 6) is 0.129. The number of ether oxygens (including phenoxy) is 2. The smallest absolute Gasteiger partial charge is 0.329 e. The maximum Gasteiger partial charge on any atom is 0.329 e. The van der Waals surface area contributed by atoms with Gasteiger partial charge in [0.05, 0.1) is 19.8 Å². The normalized spacial score (nSPS) is 17.5. The van der Waals surface area contributed by atoms with Gasteiger partial charge in [-0.25, -0.2) is 9.69 Å². The number of methoxy groups -OCH3 is 2. The van der Waals surface area contributed by atoms with Gasteiger partial charge >= 0.3 is 6.03 Å². The third-order valence-corrected chi connectivity index (χ3v) is 6.51. The van der Waals surface area contributed by atoms with Crippen molar-refractivity contribution >= 4 is 40.9 Å². The van der Waals surface area contributed by atoms with Gasteiger partial charge in [0.2, 0.25) is 5.91 Å². The molecule has 2 aromatic carbocycles. The molecule has 4 amide bonds. The van der Waals surface area contributed by atoms with Crippen molar-refractivity contribution in [1.82, 2.24) is 10.2 Å². The molecule has 2 N–H and O–H groups in total. The molecule has 2 heterocycles. The molecule has 0 unspecified atom stereocenters. The standard InChI is InChI=1S/C27H30N4O5/c1-16-14-27(2,3)30(4)22-13-23(36-6)17(11-20(16)22)12-21-25(33)31(26(34)29-21)15-24(32)28-18-7-9-19(35-5)10-8-18/h7-14H,15H2,1-6H3,(H,28,32)(H,29,34)/b21-12+. The molecule has 0 radical (unpaired) electrons. The van der Waals surface area contributed by atoms with Gasteiger partial charge < -0.3 is 25.0 Å². The highest BCUT2D eigenvalue weighted by molar-refractivity contribution is 6.16. The summed E-state index contributed by atoms with van der Waals surface area (Å²) < 4.78 is 10.7. The van der Waals surface area contributed by atoms with Crippen LogP contribution in [-0.4, -0.2) is 56.1 Å². The zero-order valence-corrected chi connectivity index (χ0v) is 21.3. The molecule has 1 saturated heterocycles. The molecule has 0 atom stereocenters. The Hall–Kier alpha value is -4.27. The molecule has 188 valence electrons. The van der Waals surface area contributed by atoms with E-state index in [4.69, 9.17) is 9.47 Å². The van der Waals surface area contributed by atoms with E-state index in [1.807, 2.05) is 26.1 Å². The number of urea groups is 1. The minimum Gasteiger partial charge on any atom is -0.497 e. The number of carbonyl (C=O) groups excluding carboxylic acids is 3. The summed E-state index contributed by atoms with van der Waals surface area (Å²) in [7, 11) is 5.13. The van der Waals surface area contributed by atoms with E-state index in [1.165, 1.54) is 0 Å². The first kappa shape index (κ1) is 24.8. The van der Waals surface area contributed by atoms with Crippen LogP contribution in [0.15, 0.2) is 48.2 Å². The molecule has 9 nitrogen and oxygen atoms in total. The second-order valence-corrected chi connectivity index (χ2v) is 9.31. The van der Waals surface area contributed by atoms with E-state index >= 15 is 0 Å². The number of carbonyl (C=O) groups is 3. The molecule has 0 aromatic heterocycles. The number of allylic oxidation sites excluding steroid dienone is 1. The van der Waals surface area contributed by atoms with E-state index in [-0.39, 0.29) is 11.2 Å². The van der Waals surface area contributed by atoms with E-state index in [2.05, 4.69) is 35.5 Å². The molecule has 1 fully saturated rings. The third kappa shape index (κ3) is 4.64. The molecule has 2 aliphatic rings. The first-order valence-electron chi connectivity index (χ1n) is 11.5. The number of hydrogen-bond acceptors (Lipinski definition) is 6. The second-order valence-electron chi connectivity index (χ2n) is 9.31. The Balaban J connectivity index is 1.56. The topological polar surface area (TPSA) is 100 Å². The van der Waals surface area contributed by atoms with Crippen molar-refractivity contribution in [3.05, 3.63) is 59.3 Å². The molecule has 2 aromatic rings. The minimum absolute atomic E-state index is 0.0709. The highest BCUT2D eigenvalue weighted by Crippen LogP contribution is 2.41. The molecule has 4 rings (SSSR count). The number of benzene rings is 2. The largest absolute Gasteiger partial charge is 0.497 e. The van der Waals surface area contributed by atoms with Crippen LogP contribution in [-0.2, 0) is 9.59 Å². The van der Waals surface area contributed by atoms with Crippen molar-refractivity contribution in [2.45, 2.75) is 26.3 Å². The Morgan fingerprint density at radius 3 is 2.44 bits per heavy atom. The highest BCUT2D eigenvalue weighted by atomic mass is 16.5. The number of anilines is 2. The van der Waals surface area contributed by atoms with Crippen molar-refractivity contribution in [1.29, 1.82) is 0 Å². The number of likely N-dealkylation sites (N-methyl/N-ethyl adjacent to an activating group) is 1. The summed E-state index contributed by atoms with van der Waals surface area (Å²) in [5.41, 5.74) is 4.21. The van der Waals surface area contributed by atoms with E-state index in [0.29, 0.717) is 22.7 Å². The average Bonchev–Trinajstić information content (AvgIpc) is 3.10. The van der Waals surface area contributed by atoms with Gasteiger partial charge in [0, 0.05) is 35.6 Å². The lowest BCUT2D eigenvalue weighted by atomic mass is 9.88. The predicted octanol–water partition coefficient (Wildman–Crippen LogP) is 3.87. The second kappa shape index (κ2) is 9.41. The van der Waals surface area contributed by atoms with Crippen molar-refractivity contribution in [2.75, 3.05) is 38.0 Å². The minimum atomic E-state index is -0.661. The van der Waals surface area contributed by atoms with Gasteiger partial charge in [-0.2, -0.15) is 0 Å².